The zero-order valence-corrected chi connectivity index (χ0v) is 29.1. The number of rotatable bonds is 14. The van der Waals surface area contributed by atoms with Crippen molar-refractivity contribution in [1.82, 2.24) is 0 Å². The number of benzene rings is 6. The zero-order chi connectivity index (χ0) is 35.5. The van der Waals surface area contributed by atoms with E-state index in [0.717, 1.165) is 33.3 Å². The van der Waals surface area contributed by atoms with Crippen LogP contribution in [0.15, 0.2) is 152 Å². The van der Waals surface area contributed by atoms with Gasteiger partial charge in [0.15, 0.2) is 23.0 Å². The van der Waals surface area contributed by atoms with Gasteiger partial charge in [0.2, 0.25) is 0 Å². The SMILES string of the molecule is COc1cc([C@@H]2OB(c3ccccc3)OC[C@@H]2c2cc(CO)cc(OCc3ccccc3)c2OCc2ccccc2)ccc1OCc1ccccc1. The van der Waals surface area contributed by atoms with Crippen molar-refractivity contribution in [3.63, 3.8) is 0 Å². The van der Waals surface area contributed by atoms with Crippen LogP contribution in [0.5, 0.6) is 23.0 Å². The Kier molecular flexibility index (Phi) is 11.5. The molecule has 1 aliphatic rings. The van der Waals surface area contributed by atoms with Crippen LogP contribution in [0, 0.1) is 0 Å². The fourth-order valence-electron chi connectivity index (χ4n) is 6.39. The minimum Gasteiger partial charge on any atom is -0.493 e. The number of aliphatic hydroxyl groups is 1. The van der Waals surface area contributed by atoms with Crippen molar-refractivity contribution in [2.75, 3.05) is 13.7 Å². The van der Waals surface area contributed by atoms with Crippen LogP contribution in [0.2, 0.25) is 0 Å². The molecule has 52 heavy (non-hydrogen) atoms. The molecular weight excluding hydrogens is 651 g/mol. The number of hydrogen-bond acceptors (Lipinski definition) is 7. The van der Waals surface area contributed by atoms with Crippen molar-refractivity contribution in [3.05, 3.63) is 185 Å². The molecular formula is C44H41BO7. The Balaban J connectivity index is 1.28. The normalized spacial score (nSPS) is 15.5. The molecule has 1 heterocycles. The summed E-state index contributed by atoms with van der Waals surface area (Å²) in [6, 6.07) is 49.7. The van der Waals surface area contributed by atoms with Crippen molar-refractivity contribution in [2.24, 2.45) is 0 Å². The summed E-state index contributed by atoms with van der Waals surface area (Å²) in [6.07, 6.45) is -0.494. The topological polar surface area (TPSA) is 75.6 Å². The zero-order valence-electron chi connectivity index (χ0n) is 29.1. The van der Waals surface area contributed by atoms with Crippen LogP contribution in [0.25, 0.3) is 0 Å². The number of hydrogen-bond donors (Lipinski definition) is 1. The smallest absolute Gasteiger partial charge is 0.493 e. The van der Waals surface area contributed by atoms with E-state index in [1.165, 1.54) is 0 Å². The van der Waals surface area contributed by atoms with E-state index in [1.807, 2.05) is 152 Å². The van der Waals surface area contributed by atoms with Crippen LogP contribution >= 0.6 is 0 Å². The van der Waals surface area contributed by atoms with Crippen LogP contribution < -0.4 is 24.4 Å². The summed E-state index contributed by atoms with van der Waals surface area (Å²) in [7, 11) is 1.03. The highest BCUT2D eigenvalue weighted by Gasteiger charge is 2.40. The third-order valence-electron chi connectivity index (χ3n) is 9.08. The molecule has 0 aliphatic carbocycles. The maximum atomic E-state index is 10.5. The minimum atomic E-state index is -0.606. The molecule has 0 amide bonds. The summed E-state index contributed by atoms with van der Waals surface area (Å²) in [6.45, 7) is 1.19. The Hall–Kier alpha value is -5.54. The predicted octanol–water partition coefficient (Wildman–Crippen LogP) is 8.19. The molecule has 0 radical (unpaired) electrons. The lowest BCUT2D eigenvalue weighted by molar-refractivity contribution is 0.0495. The molecule has 0 unspecified atom stereocenters. The Morgan fingerprint density at radius 3 is 1.73 bits per heavy atom. The number of ether oxygens (including phenoxy) is 4. The summed E-state index contributed by atoms with van der Waals surface area (Å²) in [5.74, 6) is 1.98. The summed E-state index contributed by atoms with van der Waals surface area (Å²) >= 11 is 0. The molecule has 1 aliphatic heterocycles. The van der Waals surface area contributed by atoms with Crippen molar-refractivity contribution >= 4 is 12.6 Å². The third-order valence-corrected chi connectivity index (χ3v) is 9.08. The van der Waals surface area contributed by atoms with Crippen LogP contribution in [0.3, 0.4) is 0 Å². The van der Waals surface area contributed by atoms with Crippen molar-refractivity contribution in [1.29, 1.82) is 0 Å². The van der Waals surface area contributed by atoms with E-state index in [0.29, 0.717) is 55.0 Å². The van der Waals surface area contributed by atoms with Crippen LogP contribution in [-0.4, -0.2) is 25.9 Å². The molecule has 1 fully saturated rings. The second-order valence-electron chi connectivity index (χ2n) is 12.6. The highest BCUT2D eigenvalue weighted by Crippen LogP contribution is 2.47. The monoisotopic (exact) mass is 692 g/mol. The van der Waals surface area contributed by atoms with Crippen molar-refractivity contribution in [2.45, 2.75) is 38.4 Å². The average Bonchev–Trinajstić information content (AvgIpc) is 3.22. The second-order valence-corrected chi connectivity index (χ2v) is 12.6. The van der Waals surface area contributed by atoms with Gasteiger partial charge in [-0.25, -0.2) is 0 Å². The van der Waals surface area contributed by atoms with Crippen LogP contribution in [-0.2, 0) is 35.7 Å². The first-order chi connectivity index (χ1) is 25.7. The second kappa shape index (κ2) is 17.1. The van der Waals surface area contributed by atoms with Gasteiger partial charge in [0.1, 0.15) is 19.8 Å². The predicted molar refractivity (Wildman–Crippen MR) is 202 cm³/mol. The Bertz CT molecular complexity index is 2010. The molecule has 0 saturated carbocycles. The maximum Gasteiger partial charge on any atom is 0.494 e. The van der Waals surface area contributed by atoms with Gasteiger partial charge in [-0.1, -0.05) is 127 Å². The lowest BCUT2D eigenvalue weighted by Gasteiger charge is -2.37. The number of aliphatic hydroxyl groups excluding tert-OH is 1. The summed E-state index contributed by atoms with van der Waals surface area (Å²) in [5.41, 5.74) is 6.39. The van der Waals surface area contributed by atoms with Crippen LogP contribution in [0.4, 0.5) is 0 Å². The van der Waals surface area contributed by atoms with Gasteiger partial charge >= 0.3 is 7.12 Å². The van der Waals surface area contributed by atoms with Gasteiger partial charge in [-0.2, -0.15) is 0 Å². The van der Waals surface area contributed by atoms with Crippen LogP contribution in [0.1, 0.15) is 45.4 Å². The molecule has 0 aromatic heterocycles. The average molecular weight is 693 g/mol. The molecule has 6 aromatic rings. The molecule has 7 rings (SSSR count). The van der Waals surface area contributed by atoms with Crippen molar-refractivity contribution in [3.8, 4) is 23.0 Å². The molecule has 1 N–H and O–H groups in total. The van der Waals surface area contributed by atoms with Gasteiger partial charge in [0.05, 0.1) is 19.8 Å². The Labute approximate surface area is 305 Å². The fourth-order valence-corrected chi connectivity index (χ4v) is 6.39. The highest BCUT2D eigenvalue weighted by atomic mass is 16.6. The fraction of sp³-hybridized carbons (Fsp3) is 0.182. The highest BCUT2D eigenvalue weighted by molar-refractivity contribution is 6.61. The van der Waals surface area contributed by atoms with E-state index in [2.05, 4.69) is 0 Å². The Morgan fingerprint density at radius 1 is 0.596 bits per heavy atom. The first kappa shape index (κ1) is 34.9. The third kappa shape index (κ3) is 8.49. The Morgan fingerprint density at radius 2 is 1.15 bits per heavy atom. The van der Waals surface area contributed by atoms with E-state index in [1.54, 1.807) is 7.11 Å². The standard InChI is InChI=1S/C44H41BO7/c1-47-41-26-36(22-23-40(41)48-28-32-14-6-2-7-15-32)43-39(31-51-45(52-43)37-20-12-5-13-21-37)38-24-35(27-46)25-42(49-29-33-16-8-3-9-17-33)44(38)50-30-34-18-10-4-11-19-34/h2-26,39,43,46H,27-31H2,1H3/t39-,43+/m1/s1. The lowest BCUT2D eigenvalue weighted by atomic mass is 9.74. The van der Waals surface area contributed by atoms with Gasteiger partial charge in [-0.3, -0.25) is 0 Å². The summed E-state index contributed by atoms with van der Waals surface area (Å²) in [4.78, 5) is 0. The van der Waals surface area contributed by atoms with E-state index < -0.39 is 13.2 Å². The largest absolute Gasteiger partial charge is 0.494 e. The first-order valence-corrected chi connectivity index (χ1v) is 17.5. The van der Waals surface area contributed by atoms with Gasteiger partial charge in [0.25, 0.3) is 0 Å². The first-order valence-electron chi connectivity index (χ1n) is 17.5. The van der Waals surface area contributed by atoms with E-state index in [4.69, 9.17) is 28.3 Å². The molecule has 262 valence electrons. The summed E-state index contributed by atoms with van der Waals surface area (Å²) < 4.78 is 38.6. The minimum absolute atomic E-state index is 0.180. The molecule has 0 spiro atoms. The van der Waals surface area contributed by atoms with E-state index in [9.17, 15) is 5.11 Å². The maximum absolute atomic E-state index is 10.5. The quantitative estimate of drug-likeness (QED) is 0.115. The van der Waals surface area contributed by atoms with E-state index in [-0.39, 0.29) is 12.5 Å². The molecule has 6 aromatic carbocycles. The van der Waals surface area contributed by atoms with Crippen molar-refractivity contribution < 1.29 is 33.4 Å². The number of methoxy groups -OCH3 is 1. The molecule has 8 heteroatoms. The molecule has 2 atom stereocenters. The van der Waals surface area contributed by atoms with E-state index >= 15 is 0 Å². The lowest BCUT2D eigenvalue weighted by Crippen LogP contribution is -2.45. The van der Waals surface area contributed by atoms with Gasteiger partial charge in [-0.15, -0.1) is 0 Å². The molecule has 0 bridgehead atoms. The molecule has 1 saturated heterocycles. The van der Waals surface area contributed by atoms with Gasteiger partial charge in [0, 0.05) is 18.1 Å². The van der Waals surface area contributed by atoms with Gasteiger partial charge < -0.3 is 33.4 Å². The summed E-state index contributed by atoms with van der Waals surface area (Å²) in [5, 5.41) is 10.5. The molecule has 7 nitrogen and oxygen atoms in total. The van der Waals surface area contributed by atoms with Gasteiger partial charge in [-0.05, 0) is 57.5 Å².